The summed E-state index contributed by atoms with van der Waals surface area (Å²) < 4.78 is 2.29. The van der Waals surface area contributed by atoms with E-state index in [0.717, 1.165) is 74.9 Å². The van der Waals surface area contributed by atoms with E-state index in [2.05, 4.69) is 36.4 Å². The molecule has 0 radical (unpaired) electrons. The van der Waals surface area contributed by atoms with Crippen LogP contribution >= 0.6 is 0 Å². The fourth-order valence-electron chi connectivity index (χ4n) is 5.72. The number of hydrogen-bond donors (Lipinski definition) is 2. The van der Waals surface area contributed by atoms with Crippen molar-refractivity contribution in [2.24, 2.45) is 0 Å². The molecule has 3 amide bonds. The molecule has 6 rings (SSSR count). The summed E-state index contributed by atoms with van der Waals surface area (Å²) in [5.41, 5.74) is 2.74. The summed E-state index contributed by atoms with van der Waals surface area (Å²) in [6, 6.07) is 5.52. The number of rotatable bonds is 4. The van der Waals surface area contributed by atoms with E-state index in [9.17, 15) is 14.4 Å². The Kier molecular flexibility index (Phi) is 5.41. The van der Waals surface area contributed by atoms with Crippen molar-refractivity contribution >= 4 is 17.7 Å². The summed E-state index contributed by atoms with van der Waals surface area (Å²) in [6.45, 7) is 5.89. The topological polar surface area (TPSA) is 112 Å². The maximum atomic E-state index is 13.1. The van der Waals surface area contributed by atoms with Crippen LogP contribution in [0.4, 0.5) is 0 Å². The molecule has 10 heteroatoms. The number of nitrogens with one attached hydrogen (secondary N) is 2. The van der Waals surface area contributed by atoms with Crippen LogP contribution in [-0.2, 0) is 35.8 Å². The number of aromatic nitrogens is 3. The molecule has 4 aliphatic rings. The van der Waals surface area contributed by atoms with Crippen molar-refractivity contribution in [3.05, 3.63) is 46.5 Å². The summed E-state index contributed by atoms with van der Waals surface area (Å²) >= 11 is 0. The highest BCUT2D eigenvalue weighted by molar-refractivity contribution is 6.05. The SMILES string of the molecule is O=C1CCC(N2Cc3ccc(CN4CCC(c5nnc6n5CCNC6)CC4)cc3C2=O)C(=O)N1. The number of amides is 3. The van der Waals surface area contributed by atoms with Gasteiger partial charge >= 0.3 is 0 Å². The molecular formula is C24H29N7O3. The molecule has 0 bridgehead atoms. The zero-order chi connectivity index (χ0) is 23.2. The van der Waals surface area contributed by atoms with Gasteiger partial charge in [-0.05, 0) is 49.5 Å². The zero-order valence-electron chi connectivity index (χ0n) is 19.1. The van der Waals surface area contributed by atoms with Crippen LogP contribution in [0.3, 0.4) is 0 Å². The molecule has 0 aliphatic carbocycles. The van der Waals surface area contributed by atoms with Gasteiger partial charge < -0.3 is 14.8 Å². The first kappa shape index (κ1) is 21.4. The molecule has 0 spiro atoms. The van der Waals surface area contributed by atoms with Gasteiger partial charge in [0.05, 0.1) is 6.54 Å². The first-order valence-corrected chi connectivity index (χ1v) is 12.2. The third kappa shape index (κ3) is 3.80. The number of carbonyl (C=O) groups is 3. The van der Waals surface area contributed by atoms with E-state index in [1.807, 2.05) is 12.1 Å². The summed E-state index contributed by atoms with van der Waals surface area (Å²) in [5.74, 6) is 1.86. The highest BCUT2D eigenvalue weighted by atomic mass is 16.2. The minimum Gasteiger partial charge on any atom is -0.322 e. The molecule has 34 heavy (non-hydrogen) atoms. The molecule has 2 fully saturated rings. The first-order valence-electron chi connectivity index (χ1n) is 12.2. The van der Waals surface area contributed by atoms with Gasteiger partial charge in [0, 0.05) is 44.1 Å². The van der Waals surface area contributed by atoms with Crippen molar-refractivity contribution in [3.8, 4) is 0 Å². The average molecular weight is 464 g/mol. The molecule has 10 nitrogen and oxygen atoms in total. The second-order valence-electron chi connectivity index (χ2n) is 9.74. The number of piperidine rings is 2. The van der Waals surface area contributed by atoms with E-state index in [-0.39, 0.29) is 24.1 Å². The molecule has 2 aromatic rings. The van der Waals surface area contributed by atoms with Gasteiger partial charge in [-0.2, -0.15) is 0 Å². The molecular weight excluding hydrogens is 434 g/mol. The lowest BCUT2D eigenvalue weighted by Crippen LogP contribution is -2.52. The molecule has 1 unspecified atom stereocenters. The van der Waals surface area contributed by atoms with Crippen LogP contribution in [0.1, 0.15) is 64.7 Å². The Morgan fingerprint density at radius 1 is 1.03 bits per heavy atom. The minimum absolute atomic E-state index is 0.115. The standard InChI is InChI=1S/C24H29N7O3/c32-21-4-3-19(23(33)26-21)31-14-17-2-1-15(11-18(17)24(31)34)13-29-8-5-16(6-9-29)22-28-27-20-12-25-7-10-30(20)22/h1-2,11,16,19,25H,3-10,12-14H2,(H,26,32,33). The van der Waals surface area contributed by atoms with E-state index in [1.165, 1.54) is 0 Å². The predicted molar refractivity (Wildman–Crippen MR) is 121 cm³/mol. The maximum Gasteiger partial charge on any atom is 0.255 e. The second kappa shape index (κ2) is 8.59. The Hall–Kier alpha value is -3.11. The van der Waals surface area contributed by atoms with Gasteiger partial charge in [-0.1, -0.05) is 12.1 Å². The van der Waals surface area contributed by atoms with Gasteiger partial charge in [-0.15, -0.1) is 10.2 Å². The Labute approximate surface area is 197 Å². The van der Waals surface area contributed by atoms with Crippen molar-refractivity contribution < 1.29 is 14.4 Å². The van der Waals surface area contributed by atoms with E-state index in [1.54, 1.807) is 4.90 Å². The van der Waals surface area contributed by atoms with Gasteiger partial charge in [0.15, 0.2) is 0 Å². The largest absolute Gasteiger partial charge is 0.322 e. The van der Waals surface area contributed by atoms with Gasteiger partial charge in [-0.3, -0.25) is 24.6 Å². The Morgan fingerprint density at radius 3 is 2.71 bits per heavy atom. The summed E-state index contributed by atoms with van der Waals surface area (Å²) in [7, 11) is 0. The van der Waals surface area contributed by atoms with Crippen molar-refractivity contribution in [2.45, 2.75) is 63.8 Å². The van der Waals surface area contributed by atoms with E-state index in [4.69, 9.17) is 0 Å². The summed E-state index contributed by atoms with van der Waals surface area (Å²) in [5, 5.41) is 14.6. The molecule has 178 valence electrons. The van der Waals surface area contributed by atoms with Crippen molar-refractivity contribution in [1.29, 1.82) is 0 Å². The predicted octanol–water partition coefficient (Wildman–Crippen LogP) is 0.522. The Bertz CT molecular complexity index is 1150. The van der Waals surface area contributed by atoms with Crippen LogP contribution in [0.5, 0.6) is 0 Å². The van der Waals surface area contributed by atoms with Crippen LogP contribution in [0.15, 0.2) is 18.2 Å². The molecule has 1 aromatic carbocycles. The molecule has 4 aliphatic heterocycles. The van der Waals surface area contributed by atoms with Crippen LogP contribution in [0.25, 0.3) is 0 Å². The Balaban J connectivity index is 1.09. The molecule has 2 N–H and O–H groups in total. The smallest absolute Gasteiger partial charge is 0.255 e. The molecule has 2 saturated heterocycles. The lowest BCUT2D eigenvalue weighted by atomic mass is 9.95. The van der Waals surface area contributed by atoms with Crippen molar-refractivity contribution in [1.82, 2.24) is 35.2 Å². The number of likely N-dealkylation sites (tertiary alicyclic amines) is 1. The highest BCUT2D eigenvalue weighted by Crippen LogP contribution is 2.31. The van der Waals surface area contributed by atoms with Gasteiger partial charge in [0.1, 0.15) is 17.7 Å². The van der Waals surface area contributed by atoms with E-state index >= 15 is 0 Å². The zero-order valence-corrected chi connectivity index (χ0v) is 19.1. The average Bonchev–Trinajstić information content (AvgIpc) is 3.41. The quantitative estimate of drug-likeness (QED) is 0.636. The number of imide groups is 1. The van der Waals surface area contributed by atoms with Gasteiger partial charge in [0.2, 0.25) is 11.8 Å². The molecule has 0 saturated carbocycles. The number of nitrogens with zero attached hydrogens (tertiary/aromatic N) is 5. The third-order valence-corrected chi connectivity index (χ3v) is 7.60. The summed E-state index contributed by atoms with van der Waals surface area (Å²) in [6.07, 6.45) is 2.77. The van der Waals surface area contributed by atoms with Gasteiger partial charge in [0.25, 0.3) is 5.91 Å². The summed E-state index contributed by atoms with van der Waals surface area (Å²) in [4.78, 5) is 40.9. The highest BCUT2D eigenvalue weighted by Gasteiger charge is 2.39. The van der Waals surface area contributed by atoms with Gasteiger partial charge in [-0.25, -0.2) is 0 Å². The van der Waals surface area contributed by atoms with Crippen LogP contribution in [0.2, 0.25) is 0 Å². The van der Waals surface area contributed by atoms with Crippen LogP contribution < -0.4 is 10.6 Å². The lowest BCUT2D eigenvalue weighted by molar-refractivity contribution is -0.136. The number of fused-ring (bicyclic) bond motifs is 2. The molecule has 1 aromatic heterocycles. The van der Waals surface area contributed by atoms with E-state index < -0.39 is 6.04 Å². The fraction of sp³-hybridized carbons (Fsp3) is 0.542. The van der Waals surface area contributed by atoms with Crippen LogP contribution in [-0.4, -0.2) is 68.0 Å². The maximum absolute atomic E-state index is 13.1. The number of hydrogen-bond acceptors (Lipinski definition) is 7. The van der Waals surface area contributed by atoms with Crippen molar-refractivity contribution in [2.75, 3.05) is 19.6 Å². The monoisotopic (exact) mass is 463 g/mol. The fourth-order valence-corrected chi connectivity index (χ4v) is 5.72. The number of carbonyl (C=O) groups excluding carboxylic acids is 3. The lowest BCUT2D eigenvalue weighted by Gasteiger charge is -2.32. The molecule has 1 atom stereocenters. The molecule has 5 heterocycles. The van der Waals surface area contributed by atoms with Crippen LogP contribution in [0, 0.1) is 0 Å². The Morgan fingerprint density at radius 2 is 1.88 bits per heavy atom. The van der Waals surface area contributed by atoms with Crippen molar-refractivity contribution in [3.63, 3.8) is 0 Å². The minimum atomic E-state index is -0.571. The van der Waals surface area contributed by atoms with E-state index in [0.29, 0.717) is 24.4 Å². The second-order valence-corrected chi connectivity index (χ2v) is 9.74. The number of benzene rings is 1. The third-order valence-electron chi connectivity index (χ3n) is 7.60. The first-order chi connectivity index (χ1) is 16.6. The normalized spacial score (nSPS) is 23.7.